The van der Waals surface area contributed by atoms with Crippen LogP contribution in [0.5, 0.6) is 5.75 Å². The lowest BCUT2D eigenvalue weighted by Gasteiger charge is -2.12. The molecule has 0 saturated heterocycles. The van der Waals surface area contributed by atoms with E-state index in [1.807, 2.05) is 12.1 Å². The van der Waals surface area contributed by atoms with Gasteiger partial charge >= 0.3 is 6.18 Å². The maximum atomic E-state index is 14.5. The first-order chi connectivity index (χ1) is 14.8. The summed E-state index contributed by atoms with van der Waals surface area (Å²) in [6.07, 6.45) is 0.702. The molecule has 0 spiro atoms. The van der Waals surface area contributed by atoms with Crippen LogP contribution >= 0.6 is 0 Å². The van der Waals surface area contributed by atoms with Crippen LogP contribution in [0.25, 0.3) is 10.8 Å². The Kier molecular flexibility index (Phi) is 7.52. The largest absolute Gasteiger partial charge is 0.481 e. The summed E-state index contributed by atoms with van der Waals surface area (Å²) in [4.78, 5) is 0. The average molecular weight is 436 g/mol. The van der Waals surface area contributed by atoms with E-state index in [4.69, 9.17) is 0 Å². The molecule has 31 heavy (non-hydrogen) atoms. The Hall–Kier alpha value is -2.63. The lowest BCUT2D eigenvalue weighted by atomic mass is 9.99. The van der Waals surface area contributed by atoms with Gasteiger partial charge in [-0.1, -0.05) is 56.2 Å². The monoisotopic (exact) mass is 436 g/mol. The highest BCUT2D eigenvalue weighted by molar-refractivity contribution is 5.85. The second kappa shape index (κ2) is 10.1. The van der Waals surface area contributed by atoms with Crippen LogP contribution in [0.4, 0.5) is 22.0 Å². The molecule has 0 N–H and O–H groups in total. The van der Waals surface area contributed by atoms with Crippen LogP contribution in [-0.4, -0.2) is 12.8 Å². The molecule has 0 unspecified atom stereocenters. The summed E-state index contributed by atoms with van der Waals surface area (Å²) in [7, 11) is 0. The third kappa shape index (κ3) is 6.42. The van der Waals surface area contributed by atoms with E-state index in [2.05, 4.69) is 11.7 Å². The molecule has 166 valence electrons. The zero-order chi connectivity index (χ0) is 22.4. The van der Waals surface area contributed by atoms with E-state index in [-0.39, 0.29) is 11.2 Å². The molecule has 0 fully saturated rings. The zero-order valence-electron chi connectivity index (χ0n) is 17.4. The smallest absolute Gasteiger partial charge is 0.422 e. The van der Waals surface area contributed by atoms with Gasteiger partial charge in [0.1, 0.15) is 5.82 Å². The summed E-state index contributed by atoms with van der Waals surface area (Å²) >= 11 is 0. The highest BCUT2D eigenvalue weighted by Gasteiger charge is 2.29. The Morgan fingerprint density at radius 2 is 1.55 bits per heavy atom. The van der Waals surface area contributed by atoms with Crippen molar-refractivity contribution in [3.8, 4) is 5.75 Å². The average Bonchev–Trinajstić information content (AvgIpc) is 2.72. The van der Waals surface area contributed by atoms with E-state index in [9.17, 15) is 22.0 Å². The van der Waals surface area contributed by atoms with E-state index in [1.54, 1.807) is 18.2 Å². The quantitative estimate of drug-likeness (QED) is 0.248. The molecular weight excluding hydrogens is 411 g/mol. The molecule has 0 aliphatic heterocycles. The SMILES string of the molecule is CCCCCc1ccc(CCc2ccc3c(F)c(OCC(F)(F)F)ccc3c2)c(F)c1. The molecule has 3 aromatic rings. The van der Waals surface area contributed by atoms with E-state index in [1.165, 1.54) is 18.2 Å². The summed E-state index contributed by atoms with van der Waals surface area (Å²) < 4.78 is 70.4. The first-order valence-electron chi connectivity index (χ1n) is 10.4. The molecule has 0 heterocycles. The fourth-order valence-corrected chi connectivity index (χ4v) is 3.56. The maximum Gasteiger partial charge on any atom is 0.422 e. The van der Waals surface area contributed by atoms with Crippen molar-refractivity contribution >= 4 is 10.8 Å². The molecule has 0 amide bonds. The summed E-state index contributed by atoms with van der Waals surface area (Å²) in [5.74, 6) is -1.47. The standard InChI is InChI=1S/C25H25F5O/c1-2-3-4-5-17-6-9-19(22(26)15-17)10-7-18-8-12-21-20(14-18)11-13-23(24(21)27)31-16-25(28,29)30/h6,8-9,11-15H,2-5,7,10,16H2,1H3. The second-order valence-electron chi connectivity index (χ2n) is 7.72. The number of aryl methyl sites for hydroxylation is 3. The molecule has 0 atom stereocenters. The lowest BCUT2D eigenvalue weighted by Crippen LogP contribution is -2.19. The van der Waals surface area contributed by atoms with Gasteiger partial charge in [-0.25, -0.2) is 8.78 Å². The number of rotatable bonds is 9. The van der Waals surface area contributed by atoms with Gasteiger partial charge in [0.2, 0.25) is 0 Å². The van der Waals surface area contributed by atoms with E-state index in [0.29, 0.717) is 23.8 Å². The van der Waals surface area contributed by atoms with E-state index < -0.39 is 24.3 Å². The number of benzene rings is 3. The van der Waals surface area contributed by atoms with Gasteiger partial charge in [-0.2, -0.15) is 13.2 Å². The van der Waals surface area contributed by atoms with Crippen molar-refractivity contribution < 1.29 is 26.7 Å². The summed E-state index contributed by atoms with van der Waals surface area (Å²) in [6, 6.07) is 13.1. The fraction of sp³-hybridized carbons (Fsp3) is 0.360. The summed E-state index contributed by atoms with van der Waals surface area (Å²) in [5.41, 5.74) is 2.52. The number of unbranched alkanes of at least 4 members (excludes halogenated alkanes) is 2. The zero-order valence-corrected chi connectivity index (χ0v) is 17.4. The molecule has 3 rings (SSSR count). The third-order valence-corrected chi connectivity index (χ3v) is 5.24. The van der Waals surface area contributed by atoms with Crippen molar-refractivity contribution in [3.63, 3.8) is 0 Å². The summed E-state index contributed by atoms with van der Waals surface area (Å²) in [5, 5.41) is 0.743. The lowest BCUT2D eigenvalue weighted by molar-refractivity contribution is -0.153. The van der Waals surface area contributed by atoms with Crippen molar-refractivity contribution in [2.75, 3.05) is 6.61 Å². The minimum absolute atomic E-state index is 0.186. The van der Waals surface area contributed by atoms with Crippen molar-refractivity contribution in [2.24, 2.45) is 0 Å². The highest BCUT2D eigenvalue weighted by atomic mass is 19.4. The van der Waals surface area contributed by atoms with Crippen LogP contribution in [0, 0.1) is 11.6 Å². The highest BCUT2D eigenvalue weighted by Crippen LogP contribution is 2.29. The first kappa shape index (κ1) is 23.0. The Bertz CT molecular complexity index is 1030. The molecule has 0 aliphatic carbocycles. The topological polar surface area (TPSA) is 9.23 Å². The van der Waals surface area contributed by atoms with Crippen molar-refractivity contribution in [1.29, 1.82) is 0 Å². The van der Waals surface area contributed by atoms with Crippen LogP contribution in [-0.2, 0) is 19.3 Å². The van der Waals surface area contributed by atoms with E-state index >= 15 is 0 Å². The van der Waals surface area contributed by atoms with Crippen molar-refractivity contribution in [3.05, 3.63) is 76.9 Å². The van der Waals surface area contributed by atoms with Gasteiger partial charge < -0.3 is 4.74 Å². The molecule has 6 heteroatoms. The molecule has 3 aromatic carbocycles. The molecule has 0 aromatic heterocycles. The van der Waals surface area contributed by atoms with Gasteiger partial charge in [-0.15, -0.1) is 0 Å². The Balaban J connectivity index is 1.67. The molecule has 0 bridgehead atoms. The summed E-state index contributed by atoms with van der Waals surface area (Å²) in [6.45, 7) is 0.585. The third-order valence-electron chi connectivity index (χ3n) is 5.24. The number of hydrogen-bond acceptors (Lipinski definition) is 1. The Morgan fingerprint density at radius 3 is 2.26 bits per heavy atom. The van der Waals surface area contributed by atoms with E-state index in [0.717, 1.165) is 36.8 Å². The van der Waals surface area contributed by atoms with Gasteiger partial charge in [0.05, 0.1) is 0 Å². The predicted octanol–water partition coefficient (Wildman–Crippen LogP) is 7.58. The Labute approximate surface area is 178 Å². The normalized spacial score (nSPS) is 11.8. The van der Waals surface area contributed by atoms with Crippen LogP contribution in [0.15, 0.2) is 48.5 Å². The van der Waals surface area contributed by atoms with Crippen molar-refractivity contribution in [2.45, 2.75) is 51.6 Å². The van der Waals surface area contributed by atoms with Crippen LogP contribution in [0.3, 0.4) is 0 Å². The minimum atomic E-state index is -4.53. The van der Waals surface area contributed by atoms with Crippen LogP contribution < -0.4 is 4.74 Å². The van der Waals surface area contributed by atoms with Gasteiger partial charge in [0.25, 0.3) is 0 Å². The molecular formula is C25H25F5O. The number of halogens is 5. The fourth-order valence-electron chi connectivity index (χ4n) is 3.56. The van der Waals surface area contributed by atoms with Crippen LogP contribution in [0.2, 0.25) is 0 Å². The first-order valence-corrected chi connectivity index (χ1v) is 10.4. The van der Waals surface area contributed by atoms with Gasteiger partial charge in [0.15, 0.2) is 18.2 Å². The van der Waals surface area contributed by atoms with Crippen LogP contribution in [0.1, 0.15) is 42.9 Å². The van der Waals surface area contributed by atoms with Gasteiger partial charge in [-0.3, -0.25) is 0 Å². The predicted molar refractivity (Wildman–Crippen MR) is 112 cm³/mol. The maximum absolute atomic E-state index is 14.5. The van der Waals surface area contributed by atoms with Crippen molar-refractivity contribution in [1.82, 2.24) is 0 Å². The number of alkyl halides is 3. The van der Waals surface area contributed by atoms with Gasteiger partial charge in [0, 0.05) is 5.39 Å². The number of hydrogen-bond donors (Lipinski definition) is 0. The minimum Gasteiger partial charge on any atom is -0.481 e. The number of ether oxygens (including phenoxy) is 1. The Morgan fingerprint density at radius 1 is 0.806 bits per heavy atom. The molecule has 0 aliphatic rings. The molecule has 0 saturated carbocycles. The second-order valence-corrected chi connectivity index (χ2v) is 7.72. The molecule has 0 radical (unpaired) electrons. The number of fused-ring (bicyclic) bond motifs is 1. The van der Waals surface area contributed by atoms with Gasteiger partial charge in [-0.05, 0) is 59.9 Å². The molecule has 1 nitrogen and oxygen atoms in total.